The van der Waals surface area contributed by atoms with Crippen LogP contribution >= 0.6 is 0 Å². The van der Waals surface area contributed by atoms with Crippen LogP contribution in [-0.4, -0.2) is 31.3 Å². The molecule has 1 N–H and O–H groups in total. The summed E-state index contributed by atoms with van der Waals surface area (Å²) in [6.07, 6.45) is 2.88. The van der Waals surface area contributed by atoms with Crippen molar-refractivity contribution in [1.82, 2.24) is 20.2 Å². The van der Waals surface area contributed by atoms with Crippen LogP contribution in [0.1, 0.15) is 44.9 Å². The minimum Gasteiger partial charge on any atom is -0.481 e. The van der Waals surface area contributed by atoms with Crippen molar-refractivity contribution in [2.75, 3.05) is 0 Å². The molecule has 1 aliphatic carbocycles. The zero-order valence-electron chi connectivity index (χ0n) is 10.2. The van der Waals surface area contributed by atoms with Gasteiger partial charge in [0.1, 0.15) is 0 Å². The number of nitrogens with zero attached hydrogens (tertiary/aromatic N) is 4. The van der Waals surface area contributed by atoms with Crippen LogP contribution in [0.4, 0.5) is 0 Å². The zero-order valence-corrected chi connectivity index (χ0v) is 10.2. The van der Waals surface area contributed by atoms with E-state index in [1.807, 2.05) is 13.8 Å². The van der Waals surface area contributed by atoms with Crippen LogP contribution in [0.2, 0.25) is 0 Å². The van der Waals surface area contributed by atoms with E-state index in [4.69, 9.17) is 0 Å². The van der Waals surface area contributed by atoms with E-state index >= 15 is 0 Å². The van der Waals surface area contributed by atoms with Crippen molar-refractivity contribution in [2.24, 2.45) is 11.8 Å². The Labute approximate surface area is 100 Å². The van der Waals surface area contributed by atoms with Gasteiger partial charge in [0.15, 0.2) is 5.82 Å². The highest BCUT2D eigenvalue weighted by atomic mass is 16.4. The van der Waals surface area contributed by atoms with Gasteiger partial charge in [-0.2, -0.15) is 0 Å². The quantitative estimate of drug-likeness (QED) is 0.807. The molecule has 1 atom stereocenters. The normalized spacial score (nSPS) is 17.4. The first-order chi connectivity index (χ1) is 8.08. The first-order valence-electron chi connectivity index (χ1n) is 6.06. The van der Waals surface area contributed by atoms with Crippen molar-refractivity contribution in [3.8, 4) is 0 Å². The largest absolute Gasteiger partial charge is 0.481 e. The Bertz CT molecular complexity index is 398. The Morgan fingerprint density at radius 2 is 2.24 bits per heavy atom. The lowest BCUT2D eigenvalue weighted by atomic mass is 9.97. The lowest BCUT2D eigenvalue weighted by Crippen LogP contribution is -2.23. The monoisotopic (exact) mass is 238 g/mol. The summed E-state index contributed by atoms with van der Waals surface area (Å²) in [5.41, 5.74) is 0. The molecule has 2 rings (SSSR count). The molecule has 0 saturated heterocycles. The third-order valence-electron chi connectivity index (χ3n) is 3.00. The van der Waals surface area contributed by atoms with Gasteiger partial charge >= 0.3 is 5.97 Å². The molecular weight excluding hydrogens is 220 g/mol. The molecule has 0 spiro atoms. The van der Waals surface area contributed by atoms with E-state index in [0.29, 0.717) is 24.8 Å². The van der Waals surface area contributed by atoms with Gasteiger partial charge in [-0.15, -0.1) is 5.10 Å². The predicted octanol–water partition coefficient (Wildman–Crippen LogP) is 1.30. The van der Waals surface area contributed by atoms with Gasteiger partial charge in [-0.05, 0) is 35.6 Å². The first-order valence-corrected chi connectivity index (χ1v) is 6.06. The molecule has 1 heterocycles. The van der Waals surface area contributed by atoms with Crippen molar-refractivity contribution in [1.29, 1.82) is 0 Å². The van der Waals surface area contributed by atoms with Gasteiger partial charge in [0.2, 0.25) is 0 Å². The number of aromatic nitrogens is 4. The standard InChI is InChI=1S/C11H18N4O2/c1-7(2)5-9(11(16)17)6-15-10(8-3-4-8)12-13-14-15/h7-9H,3-6H2,1-2H3,(H,16,17). The number of hydrogen-bond donors (Lipinski definition) is 1. The topological polar surface area (TPSA) is 80.9 Å². The Balaban J connectivity index is 2.05. The summed E-state index contributed by atoms with van der Waals surface area (Å²) in [4.78, 5) is 11.2. The fourth-order valence-corrected chi connectivity index (χ4v) is 2.01. The average molecular weight is 238 g/mol. The minimum absolute atomic E-state index is 0.358. The Morgan fingerprint density at radius 3 is 2.76 bits per heavy atom. The molecular formula is C11H18N4O2. The number of carboxylic acids is 1. The summed E-state index contributed by atoms with van der Waals surface area (Å²) in [6, 6.07) is 0. The number of rotatable bonds is 6. The van der Waals surface area contributed by atoms with Crippen LogP contribution in [0.3, 0.4) is 0 Å². The highest BCUT2D eigenvalue weighted by Gasteiger charge is 2.31. The third-order valence-corrected chi connectivity index (χ3v) is 3.00. The molecule has 1 unspecified atom stereocenters. The maximum atomic E-state index is 11.2. The first kappa shape index (κ1) is 12.0. The molecule has 0 aliphatic heterocycles. The Morgan fingerprint density at radius 1 is 1.53 bits per heavy atom. The Kier molecular flexibility index (Phi) is 3.40. The molecule has 0 amide bonds. The number of aliphatic carboxylic acids is 1. The highest BCUT2D eigenvalue weighted by Crippen LogP contribution is 2.38. The van der Waals surface area contributed by atoms with Gasteiger partial charge in [0.05, 0.1) is 12.5 Å². The molecule has 1 aromatic heterocycles. The van der Waals surface area contributed by atoms with Crippen molar-refractivity contribution in [3.63, 3.8) is 0 Å². The molecule has 6 heteroatoms. The second-order valence-electron chi connectivity index (χ2n) is 5.16. The van der Waals surface area contributed by atoms with Gasteiger partial charge < -0.3 is 5.11 Å². The SMILES string of the molecule is CC(C)CC(Cn1nnnc1C1CC1)C(=O)O. The summed E-state index contributed by atoms with van der Waals surface area (Å²) in [5.74, 6) is 0.474. The van der Waals surface area contributed by atoms with E-state index in [9.17, 15) is 9.90 Å². The lowest BCUT2D eigenvalue weighted by molar-refractivity contribution is -0.142. The van der Waals surface area contributed by atoms with Crippen LogP contribution in [0.15, 0.2) is 0 Å². The van der Waals surface area contributed by atoms with E-state index in [1.165, 1.54) is 0 Å². The predicted molar refractivity (Wildman–Crippen MR) is 60.4 cm³/mol. The van der Waals surface area contributed by atoms with Crippen LogP contribution in [0, 0.1) is 11.8 Å². The molecule has 94 valence electrons. The van der Waals surface area contributed by atoms with Crippen LogP contribution < -0.4 is 0 Å². The van der Waals surface area contributed by atoms with Gasteiger partial charge in [-0.1, -0.05) is 13.8 Å². The summed E-state index contributed by atoms with van der Waals surface area (Å²) in [5, 5.41) is 20.7. The maximum Gasteiger partial charge on any atom is 0.308 e. The second kappa shape index (κ2) is 4.81. The summed E-state index contributed by atoms with van der Waals surface area (Å²) in [7, 11) is 0. The smallest absolute Gasteiger partial charge is 0.308 e. The van der Waals surface area contributed by atoms with Crippen molar-refractivity contribution in [2.45, 2.75) is 45.6 Å². The third kappa shape index (κ3) is 3.01. The number of tetrazole rings is 1. The van der Waals surface area contributed by atoms with Crippen molar-refractivity contribution >= 4 is 5.97 Å². The molecule has 0 aromatic carbocycles. The summed E-state index contributed by atoms with van der Waals surface area (Å²) < 4.78 is 1.67. The number of carbonyl (C=O) groups is 1. The maximum absolute atomic E-state index is 11.2. The average Bonchev–Trinajstić information content (AvgIpc) is 2.98. The highest BCUT2D eigenvalue weighted by molar-refractivity contribution is 5.69. The molecule has 1 aliphatic rings. The van der Waals surface area contributed by atoms with E-state index < -0.39 is 11.9 Å². The second-order valence-corrected chi connectivity index (χ2v) is 5.16. The molecule has 6 nitrogen and oxygen atoms in total. The van der Waals surface area contributed by atoms with E-state index in [1.54, 1.807) is 4.68 Å². The van der Waals surface area contributed by atoms with Crippen LogP contribution in [0.25, 0.3) is 0 Å². The fourth-order valence-electron chi connectivity index (χ4n) is 2.01. The lowest BCUT2D eigenvalue weighted by Gasteiger charge is -2.14. The Hall–Kier alpha value is -1.46. The fraction of sp³-hybridized carbons (Fsp3) is 0.818. The van der Waals surface area contributed by atoms with E-state index in [2.05, 4.69) is 15.5 Å². The van der Waals surface area contributed by atoms with Gasteiger partial charge in [0.25, 0.3) is 0 Å². The molecule has 0 radical (unpaired) electrons. The van der Waals surface area contributed by atoms with Crippen LogP contribution in [-0.2, 0) is 11.3 Å². The number of hydrogen-bond acceptors (Lipinski definition) is 4. The molecule has 1 saturated carbocycles. The molecule has 0 bridgehead atoms. The molecule has 17 heavy (non-hydrogen) atoms. The van der Waals surface area contributed by atoms with Gasteiger partial charge in [-0.3, -0.25) is 4.79 Å². The zero-order chi connectivity index (χ0) is 12.4. The minimum atomic E-state index is -0.768. The van der Waals surface area contributed by atoms with Gasteiger partial charge in [0, 0.05) is 5.92 Å². The van der Waals surface area contributed by atoms with E-state index in [-0.39, 0.29) is 0 Å². The van der Waals surface area contributed by atoms with E-state index in [0.717, 1.165) is 18.7 Å². The summed E-state index contributed by atoms with van der Waals surface area (Å²) >= 11 is 0. The molecule has 1 fully saturated rings. The summed E-state index contributed by atoms with van der Waals surface area (Å²) in [6.45, 7) is 4.43. The van der Waals surface area contributed by atoms with Crippen molar-refractivity contribution in [3.05, 3.63) is 5.82 Å². The molecule has 1 aromatic rings. The number of carboxylic acid groups (broad SMARTS) is 1. The van der Waals surface area contributed by atoms with Gasteiger partial charge in [-0.25, -0.2) is 4.68 Å². The van der Waals surface area contributed by atoms with Crippen molar-refractivity contribution < 1.29 is 9.90 Å². The van der Waals surface area contributed by atoms with Crippen LogP contribution in [0.5, 0.6) is 0 Å².